The zero-order chi connectivity index (χ0) is 19.0. The number of carbonyl (C=O) groups is 2. The van der Waals surface area contributed by atoms with Gasteiger partial charge in [0.15, 0.2) is 23.1 Å². The Balaban J connectivity index is 1.47. The molecule has 8 heteroatoms. The van der Waals surface area contributed by atoms with Gasteiger partial charge in [-0.05, 0) is 24.3 Å². The minimum Gasteiger partial charge on any atom is -0.486 e. The van der Waals surface area contributed by atoms with Crippen molar-refractivity contribution in [2.75, 3.05) is 30.0 Å². The van der Waals surface area contributed by atoms with Gasteiger partial charge in [-0.15, -0.1) is 0 Å². The van der Waals surface area contributed by atoms with Crippen LogP contribution in [0.3, 0.4) is 0 Å². The zero-order valence-corrected chi connectivity index (χ0v) is 14.2. The van der Waals surface area contributed by atoms with Crippen LogP contribution in [0.2, 0.25) is 0 Å². The molecular formula is C19H16F2N2O4. The van der Waals surface area contributed by atoms with E-state index >= 15 is 0 Å². The predicted molar refractivity (Wildman–Crippen MR) is 92.9 cm³/mol. The summed E-state index contributed by atoms with van der Waals surface area (Å²) < 4.78 is 37.3. The molecule has 6 nitrogen and oxygen atoms in total. The van der Waals surface area contributed by atoms with Crippen LogP contribution in [0.25, 0.3) is 0 Å². The zero-order valence-electron chi connectivity index (χ0n) is 14.2. The summed E-state index contributed by atoms with van der Waals surface area (Å²) >= 11 is 0. The molecule has 1 N–H and O–H groups in total. The molecule has 0 aromatic heterocycles. The van der Waals surface area contributed by atoms with Crippen molar-refractivity contribution in [3.8, 4) is 11.5 Å². The second-order valence-electron chi connectivity index (χ2n) is 6.35. The van der Waals surface area contributed by atoms with Crippen LogP contribution < -0.4 is 19.7 Å². The monoisotopic (exact) mass is 374 g/mol. The van der Waals surface area contributed by atoms with Crippen molar-refractivity contribution in [3.63, 3.8) is 0 Å². The van der Waals surface area contributed by atoms with Crippen LogP contribution >= 0.6 is 0 Å². The number of hydrogen-bond donors (Lipinski definition) is 1. The lowest BCUT2D eigenvalue weighted by Crippen LogP contribution is -2.28. The van der Waals surface area contributed by atoms with E-state index in [4.69, 9.17) is 9.47 Å². The lowest BCUT2D eigenvalue weighted by Gasteiger charge is -2.22. The lowest BCUT2D eigenvalue weighted by atomic mass is 10.1. The van der Waals surface area contributed by atoms with Gasteiger partial charge < -0.3 is 19.7 Å². The number of nitrogens with one attached hydrogen (secondary N) is 1. The van der Waals surface area contributed by atoms with E-state index in [9.17, 15) is 18.4 Å². The van der Waals surface area contributed by atoms with Gasteiger partial charge in [-0.2, -0.15) is 0 Å². The molecule has 4 rings (SSSR count). The van der Waals surface area contributed by atoms with Gasteiger partial charge in [-0.1, -0.05) is 0 Å². The standard InChI is InChI=1S/C19H16F2N2O4/c20-14-3-1-12(8-15(14)21)22-19(25)11-7-18(24)23(10-11)13-2-4-16-17(9-13)27-6-5-26-16/h1-4,8-9,11H,5-7,10H2,(H,22,25)/t11-/m0/s1. The van der Waals surface area contributed by atoms with E-state index in [-0.39, 0.29) is 24.6 Å². The molecule has 0 saturated carbocycles. The Kier molecular flexibility index (Phi) is 4.39. The quantitative estimate of drug-likeness (QED) is 0.897. The SMILES string of the molecule is O=C(Nc1ccc(F)c(F)c1)[C@H]1CC(=O)N(c2ccc3c(c2)OCCO3)C1. The van der Waals surface area contributed by atoms with Crippen molar-refractivity contribution in [1.82, 2.24) is 0 Å². The van der Waals surface area contributed by atoms with Crippen LogP contribution in [0.15, 0.2) is 36.4 Å². The molecule has 2 aromatic rings. The van der Waals surface area contributed by atoms with Crippen LogP contribution in [-0.4, -0.2) is 31.6 Å². The topological polar surface area (TPSA) is 67.9 Å². The number of fused-ring (bicyclic) bond motifs is 1. The summed E-state index contributed by atoms with van der Waals surface area (Å²) in [6.45, 7) is 1.10. The predicted octanol–water partition coefficient (Wildman–Crippen LogP) is 2.73. The molecule has 0 spiro atoms. The van der Waals surface area contributed by atoms with Crippen molar-refractivity contribution >= 4 is 23.2 Å². The average Bonchev–Trinajstić information content (AvgIpc) is 3.06. The van der Waals surface area contributed by atoms with E-state index in [2.05, 4.69) is 5.32 Å². The smallest absolute Gasteiger partial charge is 0.229 e. The van der Waals surface area contributed by atoms with Gasteiger partial charge in [-0.25, -0.2) is 8.78 Å². The molecule has 2 amide bonds. The maximum Gasteiger partial charge on any atom is 0.229 e. The Morgan fingerprint density at radius 2 is 1.81 bits per heavy atom. The summed E-state index contributed by atoms with van der Waals surface area (Å²) in [7, 11) is 0. The molecule has 2 aromatic carbocycles. The fourth-order valence-electron chi connectivity index (χ4n) is 3.15. The number of benzene rings is 2. The molecule has 27 heavy (non-hydrogen) atoms. The van der Waals surface area contributed by atoms with E-state index < -0.39 is 23.5 Å². The van der Waals surface area contributed by atoms with E-state index in [1.165, 1.54) is 11.0 Å². The first kappa shape index (κ1) is 17.3. The highest BCUT2D eigenvalue weighted by atomic mass is 19.2. The lowest BCUT2D eigenvalue weighted by molar-refractivity contribution is -0.122. The van der Waals surface area contributed by atoms with Crippen LogP contribution in [0.1, 0.15) is 6.42 Å². The molecule has 2 aliphatic rings. The minimum absolute atomic E-state index is 0.0317. The highest BCUT2D eigenvalue weighted by molar-refractivity contribution is 6.03. The van der Waals surface area contributed by atoms with Crippen LogP contribution in [-0.2, 0) is 9.59 Å². The summed E-state index contributed by atoms with van der Waals surface area (Å²) in [6, 6.07) is 8.29. The third-order valence-electron chi connectivity index (χ3n) is 4.52. The fourth-order valence-corrected chi connectivity index (χ4v) is 3.15. The number of nitrogens with zero attached hydrogens (tertiary/aromatic N) is 1. The summed E-state index contributed by atoms with van der Waals surface area (Å²) in [5.41, 5.74) is 0.761. The molecule has 0 aliphatic carbocycles. The van der Waals surface area contributed by atoms with Gasteiger partial charge in [0.25, 0.3) is 0 Å². The molecule has 0 bridgehead atoms. The first-order valence-electron chi connectivity index (χ1n) is 8.47. The normalized spacial score (nSPS) is 18.5. The number of ether oxygens (including phenoxy) is 2. The number of halogens is 2. The molecule has 2 heterocycles. The minimum atomic E-state index is -1.05. The van der Waals surface area contributed by atoms with Gasteiger partial charge in [0.05, 0.1) is 5.92 Å². The Morgan fingerprint density at radius 1 is 1.04 bits per heavy atom. The Bertz CT molecular complexity index is 919. The molecule has 140 valence electrons. The van der Waals surface area contributed by atoms with Crippen molar-refractivity contribution < 1.29 is 27.8 Å². The number of amides is 2. The van der Waals surface area contributed by atoms with Gasteiger partial charge in [0, 0.05) is 36.5 Å². The summed E-state index contributed by atoms with van der Waals surface area (Å²) in [5, 5.41) is 2.53. The number of carbonyl (C=O) groups excluding carboxylic acids is 2. The summed E-state index contributed by atoms with van der Waals surface area (Å²) in [4.78, 5) is 26.3. The molecule has 1 saturated heterocycles. The first-order chi connectivity index (χ1) is 13.0. The Morgan fingerprint density at radius 3 is 2.59 bits per heavy atom. The first-order valence-corrected chi connectivity index (χ1v) is 8.47. The third-order valence-corrected chi connectivity index (χ3v) is 4.52. The van der Waals surface area contributed by atoms with Crippen molar-refractivity contribution in [2.45, 2.75) is 6.42 Å². The Labute approximate surface area is 153 Å². The van der Waals surface area contributed by atoms with E-state index in [1.807, 2.05) is 0 Å². The van der Waals surface area contributed by atoms with Gasteiger partial charge in [0.2, 0.25) is 11.8 Å². The van der Waals surface area contributed by atoms with Gasteiger partial charge >= 0.3 is 0 Å². The fraction of sp³-hybridized carbons (Fsp3) is 0.263. The molecular weight excluding hydrogens is 358 g/mol. The average molecular weight is 374 g/mol. The van der Waals surface area contributed by atoms with Crippen molar-refractivity contribution in [1.29, 1.82) is 0 Å². The van der Waals surface area contributed by atoms with Crippen LogP contribution in [0.5, 0.6) is 11.5 Å². The highest BCUT2D eigenvalue weighted by Gasteiger charge is 2.35. The molecule has 0 radical (unpaired) electrons. The molecule has 1 atom stereocenters. The van der Waals surface area contributed by atoms with Crippen molar-refractivity contribution in [3.05, 3.63) is 48.0 Å². The third kappa shape index (κ3) is 3.42. The molecule has 0 unspecified atom stereocenters. The Hall–Kier alpha value is -3.16. The number of anilines is 2. The molecule has 2 aliphatic heterocycles. The van der Waals surface area contributed by atoms with Crippen LogP contribution in [0.4, 0.5) is 20.2 Å². The van der Waals surface area contributed by atoms with E-state index in [0.29, 0.717) is 30.4 Å². The van der Waals surface area contributed by atoms with Gasteiger partial charge in [0.1, 0.15) is 13.2 Å². The summed E-state index contributed by atoms with van der Waals surface area (Å²) in [6.07, 6.45) is 0.0317. The van der Waals surface area contributed by atoms with Crippen LogP contribution in [0, 0.1) is 17.6 Å². The number of hydrogen-bond acceptors (Lipinski definition) is 4. The largest absolute Gasteiger partial charge is 0.486 e. The van der Waals surface area contributed by atoms with E-state index in [0.717, 1.165) is 12.1 Å². The second-order valence-corrected chi connectivity index (χ2v) is 6.35. The molecule has 1 fully saturated rings. The number of rotatable bonds is 3. The summed E-state index contributed by atoms with van der Waals surface area (Å²) in [5.74, 6) is -2.09. The van der Waals surface area contributed by atoms with Gasteiger partial charge in [-0.3, -0.25) is 9.59 Å². The maximum absolute atomic E-state index is 13.3. The highest BCUT2D eigenvalue weighted by Crippen LogP contribution is 2.36. The van der Waals surface area contributed by atoms with E-state index in [1.54, 1.807) is 18.2 Å². The van der Waals surface area contributed by atoms with Crippen molar-refractivity contribution in [2.24, 2.45) is 5.92 Å². The second kappa shape index (κ2) is 6.86. The maximum atomic E-state index is 13.3.